The number of halogens is 1. The van der Waals surface area contributed by atoms with Gasteiger partial charge in [0.2, 0.25) is 5.91 Å². The van der Waals surface area contributed by atoms with Crippen molar-refractivity contribution >= 4 is 23.2 Å². The van der Waals surface area contributed by atoms with Gasteiger partial charge >= 0.3 is 0 Å². The van der Waals surface area contributed by atoms with Crippen molar-refractivity contribution in [2.45, 2.75) is 44.6 Å². The van der Waals surface area contributed by atoms with Crippen molar-refractivity contribution in [3.63, 3.8) is 0 Å². The fourth-order valence-electron chi connectivity index (χ4n) is 3.57. The summed E-state index contributed by atoms with van der Waals surface area (Å²) in [5.41, 5.74) is 0.980. The smallest absolute Gasteiger partial charge is 0.261 e. The van der Waals surface area contributed by atoms with E-state index in [0.717, 1.165) is 36.1 Å². The van der Waals surface area contributed by atoms with Crippen molar-refractivity contribution < 1.29 is 14.0 Å². The molecule has 1 aliphatic carbocycles. The van der Waals surface area contributed by atoms with E-state index in [2.05, 4.69) is 10.6 Å². The van der Waals surface area contributed by atoms with Gasteiger partial charge in [0, 0.05) is 23.8 Å². The molecule has 2 N–H and O–H groups in total. The Labute approximate surface area is 156 Å². The van der Waals surface area contributed by atoms with E-state index in [9.17, 15) is 14.0 Å². The lowest BCUT2D eigenvalue weighted by Gasteiger charge is -2.30. The van der Waals surface area contributed by atoms with E-state index in [0.29, 0.717) is 18.0 Å². The Morgan fingerprint density at radius 3 is 2.42 bits per heavy atom. The molecule has 0 saturated heterocycles. The Morgan fingerprint density at radius 1 is 1.08 bits per heavy atom. The van der Waals surface area contributed by atoms with Crippen LogP contribution in [0, 0.1) is 5.82 Å². The van der Waals surface area contributed by atoms with Gasteiger partial charge in [0.1, 0.15) is 5.82 Å². The van der Waals surface area contributed by atoms with Crippen LogP contribution in [0.3, 0.4) is 0 Å². The SMILES string of the molecule is CC(=O)NCc1ccc(C(=O)NCC2(c3ccc(F)cc3)CCCC2)s1. The average molecular weight is 374 g/mol. The molecule has 1 aromatic heterocycles. The number of hydrogen-bond donors (Lipinski definition) is 2. The summed E-state index contributed by atoms with van der Waals surface area (Å²) in [5.74, 6) is -0.430. The third kappa shape index (κ3) is 4.30. The first-order chi connectivity index (χ1) is 12.5. The van der Waals surface area contributed by atoms with E-state index in [4.69, 9.17) is 0 Å². The van der Waals surface area contributed by atoms with Crippen molar-refractivity contribution in [1.29, 1.82) is 0 Å². The van der Waals surface area contributed by atoms with E-state index in [1.807, 2.05) is 18.2 Å². The molecule has 1 fully saturated rings. The molecule has 2 amide bonds. The number of carbonyl (C=O) groups is 2. The number of carbonyl (C=O) groups excluding carboxylic acids is 2. The molecule has 0 spiro atoms. The monoisotopic (exact) mass is 374 g/mol. The predicted octanol–water partition coefficient (Wildman–Crippen LogP) is 3.77. The lowest BCUT2D eigenvalue weighted by molar-refractivity contribution is -0.119. The first kappa shape index (κ1) is 18.6. The normalized spacial score (nSPS) is 15.6. The highest BCUT2D eigenvalue weighted by molar-refractivity contribution is 7.14. The van der Waals surface area contributed by atoms with Crippen LogP contribution in [0.1, 0.15) is 52.7 Å². The largest absolute Gasteiger partial charge is 0.351 e. The van der Waals surface area contributed by atoms with Crippen molar-refractivity contribution in [3.8, 4) is 0 Å². The second-order valence-corrected chi connectivity index (χ2v) is 8.02. The molecular weight excluding hydrogens is 351 g/mol. The number of hydrogen-bond acceptors (Lipinski definition) is 3. The van der Waals surface area contributed by atoms with Crippen LogP contribution in [0.5, 0.6) is 0 Å². The number of rotatable bonds is 6. The number of nitrogens with one attached hydrogen (secondary N) is 2. The minimum absolute atomic E-state index is 0.0909. The molecule has 1 saturated carbocycles. The summed E-state index contributed by atoms with van der Waals surface area (Å²) in [6.45, 7) is 2.46. The number of thiophene rings is 1. The molecule has 0 radical (unpaired) electrons. The summed E-state index contributed by atoms with van der Waals surface area (Å²) >= 11 is 1.39. The number of amides is 2. The van der Waals surface area contributed by atoms with Gasteiger partial charge in [-0.3, -0.25) is 9.59 Å². The average Bonchev–Trinajstić information content (AvgIpc) is 3.29. The zero-order chi connectivity index (χ0) is 18.6. The summed E-state index contributed by atoms with van der Waals surface area (Å²) in [5, 5.41) is 5.80. The van der Waals surface area contributed by atoms with E-state index >= 15 is 0 Å². The topological polar surface area (TPSA) is 58.2 Å². The van der Waals surface area contributed by atoms with Gasteiger partial charge in [-0.1, -0.05) is 25.0 Å². The Kier molecular flexibility index (Phi) is 5.71. The molecule has 1 aliphatic rings. The van der Waals surface area contributed by atoms with Gasteiger partial charge in [-0.2, -0.15) is 0 Å². The van der Waals surface area contributed by atoms with E-state index < -0.39 is 0 Å². The van der Waals surface area contributed by atoms with Gasteiger partial charge in [-0.05, 0) is 42.7 Å². The van der Waals surface area contributed by atoms with Crippen molar-refractivity contribution in [1.82, 2.24) is 10.6 Å². The lowest BCUT2D eigenvalue weighted by Crippen LogP contribution is -2.38. The summed E-state index contributed by atoms with van der Waals surface area (Å²) in [4.78, 5) is 25.1. The molecule has 1 aromatic carbocycles. The molecule has 4 nitrogen and oxygen atoms in total. The maximum Gasteiger partial charge on any atom is 0.261 e. The van der Waals surface area contributed by atoms with Gasteiger partial charge in [0.25, 0.3) is 5.91 Å². The van der Waals surface area contributed by atoms with Gasteiger partial charge < -0.3 is 10.6 Å². The van der Waals surface area contributed by atoms with Crippen LogP contribution in [0.2, 0.25) is 0 Å². The fourth-order valence-corrected chi connectivity index (χ4v) is 4.43. The first-order valence-corrected chi connectivity index (χ1v) is 9.68. The standard InChI is InChI=1S/C20H23FN2O2S/c1-14(24)22-12-17-8-9-18(26-17)19(25)23-13-20(10-2-3-11-20)15-4-6-16(21)7-5-15/h4-9H,2-3,10-13H2,1H3,(H,22,24)(H,23,25). The van der Waals surface area contributed by atoms with E-state index in [1.165, 1.54) is 30.4 Å². The third-order valence-electron chi connectivity index (χ3n) is 5.00. The molecule has 0 unspecified atom stereocenters. The molecule has 2 aromatic rings. The molecule has 0 atom stereocenters. The van der Waals surface area contributed by atoms with Crippen molar-refractivity contribution in [2.75, 3.05) is 6.54 Å². The molecule has 26 heavy (non-hydrogen) atoms. The zero-order valence-electron chi connectivity index (χ0n) is 14.8. The van der Waals surface area contributed by atoms with Crippen LogP contribution in [-0.4, -0.2) is 18.4 Å². The maximum absolute atomic E-state index is 13.3. The highest BCUT2D eigenvalue weighted by atomic mass is 32.1. The molecule has 3 rings (SSSR count). The summed E-state index contributed by atoms with van der Waals surface area (Å²) < 4.78 is 13.3. The lowest BCUT2D eigenvalue weighted by atomic mass is 9.79. The summed E-state index contributed by atoms with van der Waals surface area (Å²) in [6, 6.07) is 10.3. The molecule has 1 heterocycles. The van der Waals surface area contributed by atoms with Crippen LogP contribution in [-0.2, 0) is 16.8 Å². The Balaban J connectivity index is 1.65. The summed E-state index contributed by atoms with van der Waals surface area (Å²) in [7, 11) is 0. The van der Waals surface area contributed by atoms with Gasteiger partial charge in [0.15, 0.2) is 0 Å². The highest BCUT2D eigenvalue weighted by Crippen LogP contribution is 2.40. The number of benzene rings is 1. The quantitative estimate of drug-likeness (QED) is 0.809. The Hall–Kier alpha value is -2.21. The second-order valence-electron chi connectivity index (χ2n) is 6.85. The predicted molar refractivity (Wildman–Crippen MR) is 101 cm³/mol. The van der Waals surface area contributed by atoms with Crippen LogP contribution in [0.4, 0.5) is 4.39 Å². The van der Waals surface area contributed by atoms with Gasteiger partial charge in [-0.25, -0.2) is 4.39 Å². The third-order valence-corrected chi connectivity index (χ3v) is 6.09. The van der Waals surface area contributed by atoms with Gasteiger partial charge in [0.05, 0.1) is 11.4 Å². The van der Waals surface area contributed by atoms with Gasteiger partial charge in [-0.15, -0.1) is 11.3 Å². The first-order valence-electron chi connectivity index (χ1n) is 8.86. The molecule has 0 aliphatic heterocycles. The van der Waals surface area contributed by atoms with E-state index in [-0.39, 0.29) is 23.0 Å². The van der Waals surface area contributed by atoms with Crippen molar-refractivity contribution in [2.24, 2.45) is 0 Å². The Morgan fingerprint density at radius 2 is 1.77 bits per heavy atom. The Bertz CT molecular complexity index is 779. The molecular formula is C20H23FN2O2S. The summed E-state index contributed by atoms with van der Waals surface area (Å²) in [6.07, 6.45) is 4.23. The van der Waals surface area contributed by atoms with Crippen LogP contribution >= 0.6 is 11.3 Å². The van der Waals surface area contributed by atoms with Crippen LogP contribution in [0.25, 0.3) is 0 Å². The minimum Gasteiger partial charge on any atom is -0.351 e. The molecule has 0 bridgehead atoms. The molecule has 6 heteroatoms. The maximum atomic E-state index is 13.3. The highest BCUT2D eigenvalue weighted by Gasteiger charge is 2.36. The fraction of sp³-hybridized carbons (Fsp3) is 0.400. The van der Waals surface area contributed by atoms with Crippen LogP contribution < -0.4 is 10.6 Å². The van der Waals surface area contributed by atoms with Crippen molar-refractivity contribution in [3.05, 3.63) is 57.5 Å². The molecule has 138 valence electrons. The zero-order valence-corrected chi connectivity index (χ0v) is 15.6. The van der Waals surface area contributed by atoms with Crippen LogP contribution in [0.15, 0.2) is 36.4 Å². The van der Waals surface area contributed by atoms with E-state index in [1.54, 1.807) is 6.07 Å². The minimum atomic E-state index is -0.240. The second kappa shape index (κ2) is 7.99.